The van der Waals surface area contributed by atoms with Crippen LogP contribution >= 0.6 is 0 Å². The third kappa shape index (κ3) is 5.65. The van der Waals surface area contributed by atoms with Gasteiger partial charge in [-0.25, -0.2) is 9.79 Å². The molecule has 0 heterocycles. The fourth-order valence-corrected chi connectivity index (χ4v) is 1.62. The lowest BCUT2D eigenvalue weighted by Gasteiger charge is -2.09. The van der Waals surface area contributed by atoms with Crippen LogP contribution in [0, 0.1) is 0 Å². The molecule has 8 heteroatoms. The van der Waals surface area contributed by atoms with Crippen LogP contribution in [0.4, 0.5) is 13.2 Å². The van der Waals surface area contributed by atoms with Gasteiger partial charge in [0, 0.05) is 5.56 Å². The zero-order valence-electron chi connectivity index (χ0n) is 12.7. The molecule has 0 aliphatic rings. The third-order valence-electron chi connectivity index (χ3n) is 2.80. The summed E-state index contributed by atoms with van der Waals surface area (Å²) in [4.78, 5) is 14.2. The average Bonchev–Trinajstić information content (AvgIpc) is 2.51. The normalized spacial score (nSPS) is 12.9. The molecule has 0 spiro atoms. The maximum absolute atomic E-state index is 12.7. The molecule has 0 atom stereocenters. The number of rotatable bonds is 6. The van der Waals surface area contributed by atoms with Gasteiger partial charge >= 0.3 is 12.1 Å². The van der Waals surface area contributed by atoms with Crippen LogP contribution in [-0.4, -0.2) is 32.1 Å². The Morgan fingerprint density at radius 3 is 2.39 bits per heavy atom. The van der Waals surface area contributed by atoms with E-state index < -0.39 is 23.4 Å². The zero-order chi connectivity index (χ0) is 17.5. The number of nitrogens with two attached hydrogens (primary N) is 1. The van der Waals surface area contributed by atoms with E-state index in [2.05, 4.69) is 9.73 Å². The molecule has 126 valence electrons. The second-order valence-corrected chi connectivity index (χ2v) is 4.42. The minimum Gasteiger partial charge on any atom is -0.497 e. The average molecular weight is 331 g/mol. The number of carbonyl (C=O) groups excluding carboxylic acids is 1. The monoisotopic (exact) mass is 331 g/mol. The number of esters is 1. The molecule has 0 amide bonds. The van der Waals surface area contributed by atoms with E-state index in [-0.39, 0.29) is 13.2 Å². The van der Waals surface area contributed by atoms with Crippen LogP contribution in [0.3, 0.4) is 0 Å². The van der Waals surface area contributed by atoms with Gasteiger partial charge in [0.15, 0.2) is 18.3 Å². The van der Waals surface area contributed by atoms with Crippen molar-refractivity contribution in [3.05, 3.63) is 41.1 Å². The molecule has 0 unspecified atom stereocenters. The molecular weight excluding hydrogens is 313 g/mol. The number of ether oxygens (including phenoxy) is 2. The van der Waals surface area contributed by atoms with Gasteiger partial charge in [-0.3, -0.25) is 0 Å². The molecule has 0 fully saturated rings. The van der Waals surface area contributed by atoms with Crippen LogP contribution in [0.15, 0.2) is 35.5 Å². The van der Waals surface area contributed by atoms with Crippen LogP contribution in [0.1, 0.15) is 12.5 Å². The molecule has 0 saturated carbocycles. The fourth-order valence-electron chi connectivity index (χ4n) is 1.62. The quantitative estimate of drug-likeness (QED) is 0.457. The summed E-state index contributed by atoms with van der Waals surface area (Å²) >= 11 is 0. The fraction of sp³-hybridized carbons (Fsp3) is 0.333. The van der Waals surface area contributed by atoms with Crippen molar-refractivity contribution < 1.29 is 32.4 Å². The molecule has 1 rings (SSSR count). The van der Waals surface area contributed by atoms with Gasteiger partial charge in [-0.1, -0.05) is 0 Å². The number of hydrogen-bond donors (Lipinski definition) is 2. The van der Waals surface area contributed by atoms with E-state index in [1.165, 1.54) is 14.0 Å². The number of carbonyl (C=O) groups is 1. The maximum Gasteiger partial charge on any atom is 0.431 e. The summed E-state index contributed by atoms with van der Waals surface area (Å²) in [7, 11) is 1.53. The second kappa shape index (κ2) is 8.21. The summed E-state index contributed by atoms with van der Waals surface area (Å²) < 4.78 is 47.6. The van der Waals surface area contributed by atoms with Crippen molar-refractivity contribution in [2.75, 3.05) is 13.7 Å². The van der Waals surface area contributed by atoms with Crippen LogP contribution in [0.25, 0.3) is 0 Å². The van der Waals surface area contributed by atoms with Crippen LogP contribution in [0.2, 0.25) is 0 Å². The van der Waals surface area contributed by atoms with Crippen LogP contribution in [-0.2, 0) is 16.1 Å². The summed E-state index contributed by atoms with van der Waals surface area (Å²) in [6, 6.07) is 6.90. The highest BCUT2D eigenvalue weighted by molar-refractivity contribution is 6.08. The molecule has 0 aliphatic carbocycles. The zero-order valence-corrected chi connectivity index (χ0v) is 12.7. The van der Waals surface area contributed by atoms with Crippen molar-refractivity contribution in [1.29, 1.82) is 0 Å². The molecule has 1 aromatic rings. The molecule has 5 nitrogen and oxygen atoms in total. The highest BCUT2D eigenvalue weighted by Gasteiger charge is 2.37. The van der Waals surface area contributed by atoms with Crippen molar-refractivity contribution >= 4 is 12.2 Å². The number of allylic oxidation sites excluding steroid dienone is 1. The van der Waals surface area contributed by atoms with E-state index in [0.29, 0.717) is 5.75 Å². The number of nitrogens with one attached hydrogen (secondary N) is 1. The summed E-state index contributed by atoms with van der Waals surface area (Å²) in [5, 5.41) is 0. The van der Waals surface area contributed by atoms with Gasteiger partial charge in [0.05, 0.1) is 13.7 Å². The molecule has 0 aliphatic heterocycles. The number of hydrogen-bond acceptors (Lipinski definition) is 4. The van der Waals surface area contributed by atoms with Crippen molar-refractivity contribution in [2.45, 2.75) is 19.6 Å². The smallest absolute Gasteiger partial charge is 0.431 e. The van der Waals surface area contributed by atoms with Crippen molar-refractivity contribution in [2.24, 2.45) is 5.73 Å². The molecular formula is C15H18F3N2O3+. The largest absolute Gasteiger partial charge is 0.497 e. The lowest BCUT2D eigenvalue weighted by atomic mass is 10.2. The predicted octanol–water partition coefficient (Wildman–Crippen LogP) is 0.685. The molecule has 0 bridgehead atoms. The highest BCUT2D eigenvalue weighted by Crippen LogP contribution is 2.23. The Morgan fingerprint density at radius 1 is 1.30 bits per heavy atom. The van der Waals surface area contributed by atoms with Crippen molar-refractivity contribution in [3.63, 3.8) is 0 Å². The first-order valence-electron chi connectivity index (χ1n) is 6.73. The molecule has 0 aromatic heterocycles. The Kier molecular flexibility index (Phi) is 6.62. The third-order valence-corrected chi connectivity index (χ3v) is 2.80. The Bertz CT molecular complexity index is 593. The molecule has 0 saturated heterocycles. The first kappa shape index (κ1) is 18.5. The summed E-state index contributed by atoms with van der Waals surface area (Å²) in [6.45, 7) is 1.64. The number of alkyl halides is 3. The molecule has 23 heavy (non-hydrogen) atoms. The summed E-state index contributed by atoms with van der Waals surface area (Å²) in [5.74, 6) is -0.476. The van der Waals surface area contributed by atoms with Crippen LogP contribution < -0.4 is 15.5 Å². The van der Waals surface area contributed by atoms with Crippen LogP contribution in [0.5, 0.6) is 5.75 Å². The minimum atomic E-state index is -4.82. The van der Waals surface area contributed by atoms with Crippen molar-refractivity contribution in [1.82, 2.24) is 0 Å². The minimum absolute atomic E-state index is 0.0558. The van der Waals surface area contributed by atoms with Gasteiger partial charge in [-0.2, -0.15) is 13.2 Å². The molecule has 1 aromatic carbocycles. The summed E-state index contributed by atoms with van der Waals surface area (Å²) in [6.07, 6.45) is -3.91. The Morgan fingerprint density at radius 2 is 1.91 bits per heavy atom. The Hall–Kier alpha value is -2.51. The van der Waals surface area contributed by atoms with Gasteiger partial charge in [-0.15, -0.1) is 0 Å². The Balaban J connectivity index is 2.94. The first-order chi connectivity index (χ1) is 10.8. The number of benzene rings is 1. The second-order valence-electron chi connectivity index (χ2n) is 4.42. The Labute approximate surface area is 131 Å². The number of halogens is 3. The van der Waals surface area contributed by atoms with E-state index in [0.717, 1.165) is 11.8 Å². The van der Waals surface area contributed by atoms with E-state index >= 15 is 0 Å². The van der Waals surface area contributed by atoms with E-state index in [4.69, 9.17) is 10.5 Å². The standard InChI is InChI=1S/C15H17F3N2O3/c1-3-23-14(21)12(13(19)15(16,17)18)9-20-8-10-4-6-11(22-2)7-5-10/h4-7,9H,3,8,19H2,1-2H3/p+1. The van der Waals surface area contributed by atoms with Crippen molar-refractivity contribution in [3.8, 4) is 5.75 Å². The molecule has 0 radical (unpaired) electrons. The first-order valence-corrected chi connectivity index (χ1v) is 6.73. The van der Waals surface area contributed by atoms with Gasteiger partial charge in [0.2, 0.25) is 0 Å². The SMILES string of the molecule is CCOC(=O)C(C=[NH+]Cc1ccc(OC)cc1)=C(N)C(F)(F)F. The number of methoxy groups -OCH3 is 1. The van der Waals surface area contributed by atoms with Gasteiger partial charge in [0.1, 0.15) is 11.4 Å². The van der Waals surface area contributed by atoms with Gasteiger partial charge < -0.3 is 15.2 Å². The van der Waals surface area contributed by atoms with Gasteiger partial charge in [0.25, 0.3) is 0 Å². The van der Waals surface area contributed by atoms with Gasteiger partial charge in [-0.05, 0) is 31.2 Å². The summed E-state index contributed by atoms with van der Waals surface area (Å²) in [5.41, 5.74) is 3.54. The van der Waals surface area contributed by atoms with E-state index in [1.807, 2.05) is 0 Å². The highest BCUT2D eigenvalue weighted by atomic mass is 19.4. The van der Waals surface area contributed by atoms with E-state index in [1.54, 1.807) is 24.3 Å². The lowest BCUT2D eigenvalue weighted by molar-refractivity contribution is -0.469. The van der Waals surface area contributed by atoms with E-state index in [9.17, 15) is 18.0 Å². The predicted molar refractivity (Wildman–Crippen MR) is 77.6 cm³/mol. The lowest BCUT2D eigenvalue weighted by Crippen LogP contribution is -2.67. The molecule has 3 N–H and O–H groups in total. The maximum atomic E-state index is 12.7. The topological polar surface area (TPSA) is 75.5 Å².